The Hall–Kier alpha value is -2.05. The fourth-order valence-electron chi connectivity index (χ4n) is 3.46. The monoisotopic (exact) mass is 383 g/mol. The minimum absolute atomic E-state index is 0.0163. The second-order valence-corrected chi connectivity index (χ2v) is 8.30. The molecule has 3 heterocycles. The summed E-state index contributed by atoms with van der Waals surface area (Å²) in [6.45, 7) is 1.67. The van der Waals surface area contributed by atoms with E-state index < -0.39 is 0 Å². The molecule has 1 saturated heterocycles. The number of amides is 1. The molecule has 6 heteroatoms. The van der Waals surface area contributed by atoms with Crippen molar-refractivity contribution in [1.82, 2.24) is 4.98 Å². The molecule has 1 fully saturated rings. The minimum atomic E-state index is -0.0163. The molecule has 0 saturated carbocycles. The molecule has 3 aromatic rings. The third kappa shape index (κ3) is 3.57. The van der Waals surface area contributed by atoms with Gasteiger partial charge >= 0.3 is 0 Å². The number of thiophene rings is 1. The second-order valence-electron chi connectivity index (χ2n) is 6.47. The van der Waals surface area contributed by atoms with Gasteiger partial charge in [-0.1, -0.05) is 6.07 Å². The molecule has 0 aliphatic carbocycles. The maximum Gasteiger partial charge on any atom is 0.229 e. The summed E-state index contributed by atoms with van der Waals surface area (Å²) in [5.74, 6) is 1.09. The Kier molecular flexibility index (Phi) is 5.13. The van der Waals surface area contributed by atoms with Gasteiger partial charge in [-0.2, -0.15) is 0 Å². The lowest BCUT2D eigenvalue weighted by atomic mass is 9.96. The third-order valence-corrected chi connectivity index (χ3v) is 6.40. The molecule has 0 radical (unpaired) electrons. The first-order valence-corrected chi connectivity index (χ1v) is 10.9. The van der Waals surface area contributed by atoms with E-state index in [-0.39, 0.29) is 11.8 Å². The van der Waals surface area contributed by atoms with Gasteiger partial charge in [0.2, 0.25) is 5.91 Å². The number of hydrogen-bond acceptors (Lipinski definition) is 5. The van der Waals surface area contributed by atoms with Crippen molar-refractivity contribution in [3.05, 3.63) is 48.0 Å². The van der Waals surface area contributed by atoms with Gasteiger partial charge in [0.25, 0.3) is 0 Å². The predicted octanol–water partition coefficient (Wildman–Crippen LogP) is 4.87. The van der Waals surface area contributed by atoms with E-state index >= 15 is 0 Å². The lowest BCUT2D eigenvalue weighted by Gasteiger charge is -2.33. The van der Waals surface area contributed by atoms with Crippen LogP contribution in [-0.4, -0.2) is 30.2 Å². The number of aromatic nitrogens is 1. The molecule has 2 aromatic heterocycles. The summed E-state index contributed by atoms with van der Waals surface area (Å²) in [6.07, 6.45) is 5.83. The van der Waals surface area contributed by atoms with Gasteiger partial charge in [-0.3, -0.25) is 4.79 Å². The lowest BCUT2D eigenvalue weighted by Crippen LogP contribution is -2.41. The molecule has 134 valence electrons. The quantitative estimate of drug-likeness (QED) is 0.653. The Labute approximate surface area is 161 Å². The summed E-state index contributed by atoms with van der Waals surface area (Å²) in [6, 6.07) is 12.2. The van der Waals surface area contributed by atoms with Crippen LogP contribution in [-0.2, 0) is 4.79 Å². The molecule has 1 unspecified atom stereocenters. The zero-order valence-corrected chi connectivity index (χ0v) is 16.3. The number of rotatable bonds is 4. The summed E-state index contributed by atoms with van der Waals surface area (Å²) in [7, 11) is 0. The molecule has 1 aliphatic heterocycles. The number of piperidine rings is 1. The highest BCUT2D eigenvalue weighted by Crippen LogP contribution is 2.31. The van der Waals surface area contributed by atoms with Crippen molar-refractivity contribution in [3.8, 4) is 0 Å². The topological polar surface area (TPSA) is 45.2 Å². The molecular weight excluding hydrogens is 362 g/mol. The van der Waals surface area contributed by atoms with Crippen molar-refractivity contribution in [3.63, 3.8) is 0 Å². The van der Waals surface area contributed by atoms with Crippen molar-refractivity contribution in [1.29, 1.82) is 0 Å². The molecule has 1 aliphatic rings. The van der Waals surface area contributed by atoms with E-state index in [1.807, 2.05) is 30.7 Å². The number of nitrogens with one attached hydrogen (secondary N) is 1. The summed E-state index contributed by atoms with van der Waals surface area (Å²) in [5, 5.41) is 6.38. The Balaban J connectivity index is 1.49. The number of anilines is 2. The lowest BCUT2D eigenvalue weighted by molar-refractivity contribution is -0.120. The van der Waals surface area contributed by atoms with Gasteiger partial charge in [-0.05, 0) is 54.8 Å². The standard InChI is InChI=1S/C20H21N3OS2/c1-25-16-6-2-5-15(12-16)22-20(24)14-4-3-10-23(13-14)19-17-8-11-26-18(17)7-9-21-19/h2,5-9,11-12,14H,3-4,10,13H2,1H3,(H,22,24). The molecule has 0 spiro atoms. The molecule has 4 rings (SSSR count). The molecule has 1 aromatic carbocycles. The van der Waals surface area contributed by atoms with E-state index in [2.05, 4.69) is 38.8 Å². The Morgan fingerprint density at radius 3 is 3.15 bits per heavy atom. The van der Waals surface area contributed by atoms with Crippen LogP contribution in [0.25, 0.3) is 10.1 Å². The van der Waals surface area contributed by atoms with Crippen molar-refractivity contribution in [2.24, 2.45) is 5.92 Å². The first-order chi connectivity index (χ1) is 12.7. The Bertz CT molecular complexity index is 924. The predicted molar refractivity (Wildman–Crippen MR) is 111 cm³/mol. The molecule has 26 heavy (non-hydrogen) atoms. The highest BCUT2D eigenvalue weighted by Gasteiger charge is 2.27. The SMILES string of the molecule is CSc1cccc(NC(=O)C2CCCN(c3nccc4sccc34)C2)c1. The van der Waals surface area contributed by atoms with Crippen LogP contribution in [0.4, 0.5) is 11.5 Å². The number of carbonyl (C=O) groups is 1. The summed E-state index contributed by atoms with van der Waals surface area (Å²) < 4.78 is 1.25. The van der Waals surface area contributed by atoms with E-state index in [4.69, 9.17) is 0 Å². The number of hydrogen-bond donors (Lipinski definition) is 1. The molecular formula is C20H21N3OS2. The maximum atomic E-state index is 12.8. The molecule has 1 atom stereocenters. The van der Waals surface area contributed by atoms with E-state index in [9.17, 15) is 4.79 Å². The first-order valence-electron chi connectivity index (χ1n) is 8.76. The molecule has 1 amide bonds. The molecule has 1 N–H and O–H groups in total. The summed E-state index contributed by atoms with van der Waals surface area (Å²) in [4.78, 5) is 20.8. The van der Waals surface area contributed by atoms with Crippen LogP contribution in [0.1, 0.15) is 12.8 Å². The number of nitrogens with zero attached hydrogens (tertiary/aromatic N) is 2. The zero-order chi connectivity index (χ0) is 17.9. The number of benzene rings is 1. The van der Waals surface area contributed by atoms with Crippen LogP contribution in [0.3, 0.4) is 0 Å². The van der Waals surface area contributed by atoms with Gasteiger partial charge in [0.05, 0.1) is 5.92 Å². The Morgan fingerprint density at radius 2 is 2.27 bits per heavy atom. The van der Waals surface area contributed by atoms with Crippen molar-refractivity contribution >= 4 is 50.6 Å². The van der Waals surface area contributed by atoms with Gasteiger partial charge < -0.3 is 10.2 Å². The average molecular weight is 384 g/mol. The van der Waals surface area contributed by atoms with Crippen LogP contribution in [0, 0.1) is 5.92 Å². The number of fused-ring (bicyclic) bond motifs is 1. The van der Waals surface area contributed by atoms with Gasteiger partial charge in [0.15, 0.2) is 0 Å². The largest absolute Gasteiger partial charge is 0.355 e. The van der Waals surface area contributed by atoms with Gasteiger partial charge in [0, 0.05) is 40.0 Å². The third-order valence-electron chi connectivity index (χ3n) is 4.79. The zero-order valence-electron chi connectivity index (χ0n) is 14.6. The Morgan fingerprint density at radius 1 is 1.35 bits per heavy atom. The highest BCUT2D eigenvalue weighted by atomic mass is 32.2. The van der Waals surface area contributed by atoms with E-state index in [1.165, 1.54) is 10.1 Å². The summed E-state index contributed by atoms with van der Waals surface area (Å²) in [5.41, 5.74) is 0.872. The van der Waals surface area contributed by atoms with Crippen molar-refractivity contribution < 1.29 is 4.79 Å². The second kappa shape index (κ2) is 7.68. The van der Waals surface area contributed by atoms with Crippen LogP contribution in [0.2, 0.25) is 0 Å². The number of carbonyl (C=O) groups excluding carboxylic acids is 1. The van der Waals surface area contributed by atoms with Crippen LogP contribution < -0.4 is 10.2 Å². The van der Waals surface area contributed by atoms with Gasteiger partial charge in [0.1, 0.15) is 5.82 Å². The molecule has 4 nitrogen and oxygen atoms in total. The summed E-state index contributed by atoms with van der Waals surface area (Å²) >= 11 is 3.41. The van der Waals surface area contributed by atoms with Crippen molar-refractivity contribution in [2.75, 3.05) is 29.6 Å². The van der Waals surface area contributed by atoms with E-state index in [0.29, 0.717) is 0 Å². The van der Waals surface area contributed by atoms with Crippen LogP contribution in [0.5, 0.6) is 0 Å². The number of pyridine rings is 1. The fraction of sp³-hybridized carbons (Fsp3) is 0.300. The van der Waals surface area contributed by atoms with Gasteiger partial charge in [-0.15, -0.1) is 23.1 Å². The van der Waals surface area contributed by atoms with E-state index in [0.717, 1.165) is 42.3 Å². The molecule has 0 bridgehead atoms. The maximum absolute atomic E-state index is 12.8. The van der Waals surface area contributed by atoms with Crippen LogP contribution >= 0.6 is 23.1 Å². The van der Waals surface area contributed by atoms with Gasteiger partial charge in [-0.25, -0.2) is 4.98 Å². The highest BCUT2D eigenvalue weighted by molar-refractivity contribution is 7.98. The minimum Gasteiger partial charge on any atom is -0.355 e. The average Bonchev–Trinajstić information content (AvgIpc) is 3.17. The normalized spacial score (nSPS) is 17.4. The first kappa shape index (κ1) is 17.4. The van der Waals surface area contributed by atoms with E-state index in [1.54, 1.807) is 23.1 Å². The smallest absolute Gasteiger partial charge is 0.229 e. The van der Waals surface area contributed by atoms with Crippen molar-refractivity contribution in [2.45, 2.75) is 17.7 Å². The van der Waals surface area contributed by atoms with Crippen LogP contribution in [0.15, 0.2) is 52.9 Å². The number of thioether (sulfide) groups is 1. The fourth-order valence-corrected chi connectivity index (χ4v) is 4.70.